The van der Waals surface area contributed by atoms with Gasteiger partial charge in [-0.2, -0.15) is 5.01 Å². The minimum absolute atomic E-state index is 0.248. The van der Waals surface area contributed by atoms with Crippen molar-refractivity contribution < 1.29 is 14.0 Å². The van der Waals surface area contributed by atoms with Crippen LogP contribution in [0.1, 0.15) is 16.1 Å². The number of benzene rings is 1. The highest BCUT2D eigenvalue weighted by Crippen LogP contribution is 2.29. The van der Waals surface area contributed by atoms with Crippen molar-refractivity contribution in [1.29, 1.82) is 0 Å². The second-order valence-corrected chi connectivity index (χ2v) is 6.98. The number of nitrogens with one attached hydrogen (secondary N) is 1. The van der Waals surface area contributed by atoms with Crippen LogP contribution in [0.2, 0.25) is 5.02 Å². The lowest BCUT2D eigenvalue weighted by molar-refractivity contribution is -0.123. The van der Waals surface area contributed by atoms with Crippen LogP contribution in [0.4, 0.5) is 0 Å². The summed E-state index contributed by atoms with van der Waals surface area (Å²) in [7, 11) is 0. The van der Waals surface area contributed by atoms with Gasteiger partial charge < -0.3 is 4.42 Å². The molecule has 1 fully saturated rings. The minimum Gasteiger partial charge on any atom is -0.465 e. The van der Waals surface area contributed by atoms with Gasteiger partial charge in [-0.1, -0.05) is 35.5 Å². The lowest BCUT2D eigenvalue weighted by Gasteiger charge is -2.15. The molecule has 0 atom stereocenters. The van der Waals surface area contributed by atoms with E-state index in [-0.39, 0.29) is 4.32 Å². The molecule has 25 heavy (non-hydrogen) atoms. The topological polar surface area (TPSA) is 62.6 Å². The summed E-state index contributed by atoms with van der Waals surface area (Å²) in [6.45, 7) is 0. The second kappa shape index (κ2) is 7.69. The number of carbonyl (C=O) groups is 2. The molecule has 2 heterocycles. The van der Waals surface area contributed by atoms with E-state index in [1.807, 2.05) is 0 Å². The molecule has 0 aliphatic carbocycles. The average molecular weight is 391 g/mol. The molecule has 0 bridgehead atoms. The number of thioether (sulfide) groups is 1. The first-order valence-corrected chi connectivity index (χ1v) is 8.69. The van der Waals surface area contributed by atoms with Crippen LogP contribution in [-0.4, -0.2) is 21.1 Å². The molecule has 0 radical (unpaired) electrons. The first-order chi connectivity index (χ1) is 12.0. The molecule has 0 saturated carbocycles. The fraction of sp³-hybridized carbons (Fsp3) is 0. The summed E-state index contributed by atoms with van der Waals surface area (Å²) in [4.78, 5) is 25.0. The highest BCUT2D eigenvalue weighted by molar-refractivity contribution is 8.26. The first-order valence-electron chi connectivity index (χ1n) is 7.09. The van der Waals surface area contributed by atoms with Crippen molar-refractivity contribution in [3.8, 4) is 0 Å². The maximum absolute atomic E-state index is 12.4. The van der Waals surface area contributed by atoms with Crippen LogP contribution in [0.25, 0.3) is 6.08 Å². The normalized spacial score (nSPS) is 16.2. The van der Waals surface area contributed by atoms with Crippen molar-refractivity contribution in [2.75, 3.05) is 0 Å². The van der Waals surface area contributed by atoms with Crippen molar-refractivity contribution >= 4 is 57.8 Å². The van der Waals surface area contributed by atoms with Gasteiger partial charge in [0, 0.05) is 10.6 Å². The number of hydrazine groups is 1. The zero-order chi connectivity index (χ0) is 17.8. The highest BCUT2D eigenvalue weighted by atomic mass is 35.5. The van der Waals surface area contributed by atoms with E-state index in [4.69, 9.17) is 28.2 Å². The molecule has 0 unspecified atom stereocenters. The Hall–Kier alpha value is -2.35. The summed E-state index contributed by atoms with van der Waals surface area (Å²) in [6.07, 6.45) is 6.58. The predicted molar refractivity (Wildman–Crippen MR) is 102 cm³/mol. The van der Waals surface area contributed by atoms with Crippen molar-refractivity contribution in [2.45, 2.75) is 0 Å². The molecule has 1 saturated heterocycles. The Bertz CT molecular complexity index is 891. The third kappa shape index (κ3) is 4.19. The Kier molecular flexibility index (Phi) is 5.37. The molecule has 3 rings (SSSR count). The van der Waals surface area contributed by atoms with E-state index < -0.39 is 11.8 Å². The van der Waals surface area contributed by atoms with Crippen molar-refractivity contribution in [3.63, 3.8) is 0 Å². The molecular formula is C17H11ClN2O3S2. The molecular weight excluding hydrogens is 380 g/mol. The molecule has 0 spiro atoms. The monoisotopic (exact) mass is 390 g/mol. The standard InChI is InChI=1S/C17H11ClN2O3S2/c18-12-5-1-4-11(10-12)15(21)19-20-16(22)14(25-17(20)24)8-2-6-13-7-3-9-23-13/h1-10H,(H,19,21)/b6-2+,14-8-. The van der Waals surface area contributed by atoms with E-state index in [0.717, 1.165) is 16.8 Å². The van der Waals surface area contributed by atoms with Crippen molar-refractivity contribution in [3.05, 3.63) is 76.1 Å². The lowest BCUT2D eigenvalue weighted by atomic mass is 10.2. The van der Waals surface area contributed by atoms with Gasteiger partial charge in [0.2, 0.25) is 0 Å². The number of halogens is 1. The number of furan rings is 1. The van der Waals surface area contributed by atoms with Gasteiger partial charge in [0.25, 0.3) is 11.8 Å². The van der Waals surface area contributed by atoms with Crippen LogP contribution >= 0.6 is 35.6 Å². The molecule has 8 heteroatoms. The van der Waals surface area contributed by atoms with Gasteiger partial charge in [-0.3, -0.25) is 15.0 Å². The average Bonchev–Trinajstić information content (AvgIpc) is 3.19. The smallest absolute Gasteiger partial charge is 0.285 e. The third-order valence-corrected chi connectivity index (χ3v) is 4.70. The van der Waals surface area contributed by atoms with Crippen LogP contribution < -0.4 is 5.43 Å². The molecule has 126 valence electrons. The van der Waals surface area contributed by atoms with E-state index in [0.29, 0.717) is 21.3 Å². The molecule has 1 aromatic heterocycles. The summed E-state index contributed by atoms with van der Waals surface area (Å²) < 4.78 is 5.41. The number of hydrogen-bond donors (Lipinski definition) is 1. The number of amides is 2. The molecule has 2 amide bonds. The Balaban J connectivity index is 1.70. The Morgan fingerprint density at radius 1 is 1.32 bits per heavy atom. The zero-order valence-corrected chi connectivity index (χ0v) is 15.0. The summed E-state index contributed by atoms with van der Waals surface area (Å²) in [5.41, 5.74) is 2.83. The number of rotatable bonds is 4. The fourth-order valence-corrected chi connectivity index (χ4v) is 3.31. The zero-order valence-electron chi connectivity index (χ0n) is 12.6. The van der Waals surface area contributed by atoms with Gasteiger partial charge in [-0.05, 0) is 54.7 Å². The van der Waals surface area contributed by atoms with Crippen LogP contribution in [0, 0.1) is 0 Å². The molecule has 1 aliphatic rings. The maximum atomic E-state index is 12.4. The predicted octanol–water partition coefficient (Wildman–Crippen LogP) is 4.04. The van der Waals surface area contributed by atoms with E-state index in [2.05, 4.69) is 5.43 Å². The van der Waals surface area contributed by atoms with Crippen molar-refractivity contribution in [1.82, 2.24) is 10.4 Å². The quantitative estimate of drug-likeness (QED) is 0.630. The van der Waals surface area contributed by atoms with Gasteiger partial charge in [-0.25, -0.2) is 0 Å². The largest absolute Gasteiger partial charge is 0.465 e. The van der Waals surface area contributed by atoms with Crippen LogP contribution in [0.3, 0.4) is 0 Å². The summed E-state index contributed by atoms with van der Waals surface area (Å²) >= 11 is 12.1. The van der Waals surface area contributed by atoms with Gasteiger partial charge in [0.05, 0.1) is 11.2 Å². The number of carbonyl (C=O) groups excluding carboxylic acids is 2. The minimum atomic E-state index is -0.467. The molecule has 1 aliphatic heterocycles. The second-order valence-electron chi connectivity index (χ2n) is 4.87. The maximum Gasteiger partial charge on any atom is 0.285 e. The third-order valence-electron chi connectivity index (χ3n) is 3.15. The lowest BCUT2D eigenvalue weighted by Crippen LogP contribution is -2.44. The first kappa shape index (κ1) is 17.5. The summed E-state index contributed by atoms with van der Waals surface area (Å²) in [6, 6.07) is 9.98. The molecule has 5 nitrogen and oxygen atoms in total. The molecule has 1 N–H and O–H groups in total. The van der Waals surface area contributed by atoms with Crippen molar-refractivity contribution in [2.24, 2.45) is 0 Å². The number of hydrogen-bond acceptors (Lipinski definition) is 5. The van der Waals surface area contributed by atoms with E-state index in [1.165, 1.54) is 6.07 Å². The molecule has 2 aromatic rings. The highest BCUT2D eigenvalue weighted by Gasteiger charge is 2.33. The molecule has 1 aromatic carbocycles. The van der Waals surface area contributed by atoms with E-state index >= 15 is 0 Å². The Morgan fingerprint density at radius 3 is 2.88 bits per heavy atom. The van der Waals surface area contributed by atoms with Gasteiger partial charge in [0.15, 0.2) is 4.32 Å². The van der Waals surface area contributed by atoms with Gasteiger partial charge in [0.1, 0.15) is 5.76 Å². The number of thiocarbonyl (C=S) groups is 1. The van der Waals surface area contributed by atoms with Crippen LogP contribution in [0.5, 0.6) is 0 Å². The van der Waals surface area contributed by atoms with E-state index in [9.17, 15) is 9.59 Å². The Morgan fingerprint density at radius 2 is 2.16 bits per heavy atom. The van der Waals surface area contributed by atoms with Gasteiger partial charge >= 0.3 is 0 Å². The van der Waals surface area contributed by atoms with Crippen LogP contribution in [-0.2, 0) is 4.79 Å². The summed E-state index contributed by atoms with van der Waals surface area (Å²) in [5, 5.41) is 1.48. The van der Waals surface area contributed by atoms with Crippen LogP contribution in [0.15, 0.2) is 64.1 Å². The number of nitrogens with zero attached hydrogens (tertiary/aromatic N) is 1. The Labute approximate surface area is 158 Å². The van der Waals surface area contributed by atoms with Gasteiger partial charge in [-0.15, -0.1) is 0 Å². The van der Waals surface area contributed by atoms with E-state index in [1.54, 1.807) is 54.8 Å². The number of allylic oxidation sites excluding steroid dienone is 2. The fourth-order valence-electron chi connectivity index (χ4n) is 1.99. The summed E-state index contributed by atoms with van der Waals surface area (Å²) in [5.74, 6) is -0.193. The SMILES string of the molecule is O=C(NN1C(=O)/C(=C/C=C/c2ccco2)SC1=S)c1cccc(Cl)c1.